The van der Waals surface area contributed by atoms with Crippen LogP contribution in [-0.2, 0) is 14.2 Å². The highest BCUT2D eigenvalue weighted by atomic mass is 16.6. The molecule has 0 spiro atoms. The molecule has 0 bridgehead atoms. The van der Waals surface area contributed by atoms with Crippen LogP contribution < -0.4 is 0 Å². The first-order valence-corrected chi connectivity index (χ1v) is 5.93. The van der Waals surface area contributed by atoms with E-state index in [1.54, 1.807) is 24.3 Å². The van der Waals surface area contributed by atoms with Gasteiger partial charge in [0.1, 0.15) is 18.3 Å². The van der Waals surface area contributed by atoms with Gasteiger partial charge in [-0.3, -0.25) is 0 Å². The van der Waals surface area contributed by atoms with E-state index in [1.807, 2.05) is 6.07 Å². The van der Waals surface area contributed by atoms with Crippen molar-refractivity contribution in [3.05, 3.63) is 35.9 Å². The molecule has 0 radical (unpaired) electrons. The second kappa shape index (κ2) is 4.68. The van der Waals surface area contributed by atoms with Crippen molar-refractivity contribution in [1.29, 1.82) is 0 Å². The molecule has 96 valence electrons. The van der Waals surface area contributed by atoms with Crippen molar-refractivity contribution in [3.8, 4) is 0 Å². The Labute approximate surface area is 104 Å². The summed E-state index contributed by atoms with van der Waals surface area (Å²) in [6.07, 6.45) is -1.80. The van der Waals surface area contributed by atoms with E-state index in [4.69, 9.17) is 14.2 Å². The van der Waals surface area contributed by atoms with Crippen molar-refractivity contribution < 1.29 is 24.1 Å². The van der Waals surface area contributed by atoms with Crippen LogP contribution in [0.1, 0.15) is 10.4 Å². The largest absolute Gasteiger partial charge is 0.453 e. The molecule has 2 aliphatic rings. The predicted molar refractivity (Wildman–Crippen MR) is 61.1 cm³/mol. The fourth-order valence-corrected chi connectivity index (χ4v) is 2.32. The number of aliphatic hydroxyl groups is 1. The van der Waals surface area contributed by atoms with Crippen LogP contribution in [0.2, 0.25) is 0 Å². The molecule has 5 heteroatoms. The summed E-state index contributed by atoms with van der Waals surface area (Å²) >= 11 is 0. The lowest BCUT2D eigenvalue weighted by Gasteiger charge is -2.16. The topological polar surface area (TPSA) is 65.0 Å². The van der Waals surface area contributed by atoms with E-state index in [0.29, 0.717) is 5.56 Å². The quantitative estimate of drug-likeness (QED) is 0.768. The summed E-state index contributed by atoms with van der Waals surface area (Å²) < 4.78 is 16.1. The average molecular weight is 250 g/mol. The Kier molecular flexibility index (Phi) is 3.03. The van der Waals surface area contributed by atoms with Crippen molar-refractivity contribution in [2.45, 2.75) is 24.4 Å². The molecule has 3 rings (SSSR count). The Morgan fingerprint density at radius 2 is 1.89 bits per heavy atom. The fraction of sp³-hybridized carbons (Fsp3) is 0.462. The minimum atomic E-state index is -0.629. The highest BCUT2D eigenvalue weighted by Crippen LogP contribution is 2.29. The van der Waals surface area contributed by atoms with E-state index in [-0.39, 0.29) is 25.4 Å². The third-order valence-corrected chi connectivity index (χ3v) is 3.25. The van der Waals surface area contributed by atoms with E-state index in [1.165, 1.54) is 0 Å². The second-order valence-electron chi connectivity index (χ2n) is 4.47. The van der Waals surface area contributed by atoms with Gasteiger partial charge in [0, 0.05) is 0 Å². The first-order chi connectivity index (χ1) is 8.75. The van der Waals surface area contributed by atoms with E-state index in [9.17, 15) is 9.90 Å². The normalized spacial score (nSPS) is 34.3. The van der Waals surface area contributed by atoms with Crippen LogP contribution in [-0.4, -0.2) is 48.7 Å². The van der Waals surface area contributed by atoms with Gasteiger partial charge in [-0.15, -0.1) is 0 Å². The summed E-state index contributed by atoms with van der Waals surface area (Å²) in [4.78, 5) is 11.9. The molecule has 0 amide bonds. The van der Waals surface area contributed by atoms with Crippen LogP contribution in [0.25, 0.3) is 0 Å². The van der Waals surface area contributed by atoms with Crippen LogP contribution in [0.5, 0.6) is 0 Å². The van der Waals surface area contributed by atoms with Gasteiger partial charge in [0.15, 0.2) is 6.10 Å². The van der Waals surface area contributed by atoms with E-state index in [0.717, 1.165) is 0 Å². The summed E-state index contributed by atoms with van der Waals surface area (Å²) in [6.45, 7) is 0.500. The highest BCUT2D eigenvalue weighted by molar-refractivity contribution is 5.89. The Hall–Kier alpha value is -1.43. The molecule has 1 N–H and O–H groups in total. The number of carbonyl (C=O) groups excluding carboxylic acids is 1. The number of esters is 1. The lowest BCUT2D eigenvalue weighted by molar-refractivity contribution is -0.0209. The van der Waals surface area contributed by atoms with Crippen molar-refractivity contribution >= 4 is 5.97 Å². The SMILES string of the molecule is O=C(O[C@H]1CO[C@H]2[C@@H]1OC[C@@H]2O)c1ccccc1. The van der Waals surface area contributed by atoms with Gasteiger partial charge in [0.05, 0.1) is 18.8 Å². The first kappa shape index (κ1) is 11.6. The minimum Gasteiger partial charge on any atom is -0.453 e. The van der Waals surface area contributed by atoms with Crippen molar-refractivity contribution in [2.24, 2.45) is 0 Å². The Morgan fingerprint density at radius 3 is 2.67 bits per heavy atom. The summed E-state index contributed by atoms with van der Waals surface area (Å²) in [7, 11) is 0. The zero-order valence-electron chi connectivity index (χ0n) is 9.69. The van der Waals surface area contributed by atoms with Crippen molar-refractivity contribution in [2.75, 3.05) is 13.2 Å². The van der Waals surface area contributed by atoms with Gasteiger partial charge >= 0.3 is 5.97 Å². The minimum absolute atomic E-state index is 0.231. The number of ether oxygens (including phenoxy) is 3. The number of rotatable bonds is 2. The molecule has 0 aliphatic carbocycles. The Bertz CT molecular complexity index is 432. The molecule has 2 aliphatic heterocycles. The molecule has 0 aromatic heterocycles. The molecule has 5 nitrogen and oxygen atoms in total. The van der Waals surface area contributed by atoms with Crippen LogP contribution >= 0.6 is 0 Å². The maximum atomic E-state index is 11.9. The highest BCUT2D eigenvalue weighted by Gasteiger charge is 2.48. The molecule has 1 aromatic carbocycles. The molecule has 2 saturated heterocycles. The average Bonchev–Trinajstić information content (AvgIpc) is 2.95. The van der Waals surface area contributed by atoms with Crippen molar-refractivity contribution in [3.63, 3.8) is 0 Å². The van der Waals surface area contributed by atoms with Gasteiger partial charge in [-0.25, -0.2) is 4.79 Å². The molecular formula is C13H14O5. The summed E-state index contributed by atoms with van der Waals surface area (Å²) in [6, 6.07) is 8.78. The van der Waals surface area contributed by atoms with Crippen LogP contribution in [0, 0.1) is 0 Å². The van der Waals surface area contributed by atoms with Gasteiger partial charge in [-0.1, -0.05) is 18.2 Å². The van der Waals surface area contributed by atoms with Crippen LogP contribution in [0.15, 0.2) is 30.3 Å². The zero-order valence-corrected chi connectivity index (χ0v) is 9.69. The predicted octanol–water partition coefficient (Wildman–Crippen LogP) is 0.370. The van der Waals surface area contributed by atoms with Gasteiger partial charge in [-0.05, 0) is 12.1 Å². The second-order valence-corrected chi connectivity index (χ2v) is 4.47. The summed E-state index contributed by atoms with van der Waals surface area (Å²) in [5.74, 6) is -0.394. The van der Waals surface area contributed by atoms with Gasteiger partial charge in [-0.2, -0.15) is 0 Å². The van der Waals surface area contributed by atoms with Gasteiger partial charge < -0.3 is 19.3 Å². The maximum Gasteiger partial charge on any atom is 0.338 e. The number of fused-ring (bicyclic) bond motifs is 1. The molecular weight excluding hydrogens is 236 g/mol. The number of aliphatic hydroxyl groups excluding tert-OH is 1. The lowest BCUT2D eigenvalue weighted by atomic mass is 10.1. The van der Waals surface area contributed by atoms with E-state index in [2.05, 4.69) is 0 Å². The number of hydrogen-bond acceptors (Lipinski definition) is 5. The van der Waals surface area contributed by atoms with Crippen molar-refractivity contribution in [1.82, 2.24) is 0 Å². The molecule has 1 aromatic rings. The number of benzene rings is 1. The summed E-state index contributed by atoms with van der Waals surface area (Å²) in [5, 5.41) is 9.58. The molecule has 0 saturated carbocycles. The Balaban J connectivity index is 1.66. The number of carbonyl (C=O) groups is 1. The summed E-state index contributed by atoms with van der Waals surface area (Å²) in [5.41, 5.74) is 0.500. The molecule has 4 atom stereocenters. The number of hydrogen-bond donors (Lipinski definition) is 1. The standard InChI is InChI=1S/C13H14O5/c14-9-6-16-12-10(7-17-11(9)12)18-13(15)8-4-2-1-3-5-8/h1-5,9-12,14H,6-7H2/t9-,10-,11+,12+/m0/s1. The van der Waals surface area contributed by atoms with Crippen LogP contribution in [0.4, 0.5) is 0 Å². The molecule has 2 fully saturated rings. The van der Waals surface area contributed by atoms with Gasteiger partial charge in [0.25, 0.3) is 0 Å². The maximum absolute atomic E-state index is 11.9. The fourth-order valence-electron chi connectivity index (χ4n) is 2.32. The third kappa shape index (κ3) is 2.01. The smallest absolute Gasteiger partial charge is 0.338 e. The van der Waals surface area contributed by atoms with E-state index >= 15 is 0 Å². The first-order valence-electron chi connectivity index (χ1n) is 5.93. The third-order valence-electron chi connectivity index (χ3n) is 3.25. The molecule has 0 unspecified atom stereocenters. The van der Waals surface area contributed by atoms with Crippen LogP contribution in [0.3, 0.4) is 0 Å². The molecule has 2 heterocycles. The van der Waals surface area contributed by atoms with Gasteiger partial charge in [0.2, 0.25) is 0 Å². The van der Waals surface area contributed by atoms with E-state index < -0.39 is 18.2 Å². The Morgan fingerprint density at radius 1 is 1.17 bits per heavy atom. The monoisotopic (exact) mass is 250 g/mol. The molecule has 18 heavy (non-hydrogen) atoms. The lowest BCUT2D eigenvalue weighted by Crippen LogP contribution is -2.34. The zero-order chi connectivity index (χ0) is 12.5.